The molecule has 4 aliphatic carbocycles. The van der Waals surface area contributed by atoms with E-state index in [9.17, 15) is 14.3 Å². The third-order valence-corrected chi connectivity index (χ3v) is 7.15. The highest BCUT2D eigenvalue weighted by Gasteiger charge is 2.58. The summed E-state index contributed by atoms with van der Waals surface area (Å²) < 4.78 is 14.3. The van der Waals surface area contributed by atoms with E-state index >= 15 is 0 Å². The number of carbonyl (C=O) groups is 1. The van der Waals surface area contributed by atoms with Crippen molar-refractivity contribution in [1.82, 2.24) is 10.2 Å². The van der Waals surface area contributed by atoms with E-state index in [1.54, 1.807) is 12.1 Å². The van der Waals surface area contributed by atoms with Crippen LogP contribution in [0.25, 0.3) is 0 Å². The predicted octanol–water partition coefficient (Wildman–Crippen LogP) is 3.01. The Hall–Kier alpha value is -1.62. The number of hydrogen-bond acceptors (Lipinski definition) is 2. The summed E-state index contributed by atoms with van der Waals surface area (Å²) in [6.07, 6.45) is 4.79. The number of aliphatic hydroxyl groups is 1. The quantitative estimate of drug-likeness (QED) is 0.866. The second-order valence-electron chi connectivity index (χ2n) is 9.05. The van der Waals surface area contributed by atoms with Crippen LogP contribution in [-0.2, 0) is 5.54 Å². The molecule has 1 aromatic rings. The van der Waals surface area contributed by atoms with Crippen molar-refractivity contribution in [2.45, 2.75) is 56.2 Å². The van der Waals surface area contributed by atoms with Gasteiger partial charge in [-0.05, 0) is 62.8 Å². The van der Waals surface area contributed by atoms with Crippen LogP contribution in [0.3, 0.4) is 0 Å². The van der Waals surface area contributed by atoms with Gasteiger partial charge < -0.3 is 15.3 Å². The van der Waals surface area contributed by atoms with Crippen molar-refractivity contribution in [3.05, 3.63) is 35.6 Å². The van der Waals surface area contributed by atoms with Crippen LogP contribution in [-0.4, -0.2) is 34.2 Å². The first-order chi connectivity index (χ1) is 11.9. The molecule has 3 unspecified atom stereocenters. The van der Waals surface area contributed by atoms with Gasteiger partial charge in [0, 0.05) is 18.2 Å². The summed E-state index contributed by atoms with van der Waals surface area (Å²) in [5.74, 6) is 1.10. The van der Waals surface area contributed by atoms with E-state index in [1.807, 2.05) is 17.9 Å². The predicted molar refractivity (Wildman–Crippen MR) is 91.3 cm³/mol. The second kappa shape index (κ2) is 4.97. The lowest BCUT2D eigenvalue weighted by Crippen LogP contribution is -2.62. The molecular formula is C20H25FN2O2. The first kappa shape index (κ1) is 15.6. The summed E-state index contributed by atoms with van der Waals surface area (Å²) in [7, 11) is 0. The minimum Gasteiger partial charge on any atom is -0.390 e. The Morgan fingerprint density at radius 3 is 2.52 bits per heavy atom. The third-order valence-electron chi connectivity index (χ3n) is 7.15. The van der Waals surface area contributed by atoms with E-state index in [-0.39, 0.29) is 17.9 Å². The van der Waals surface area contributed by atoms with Gasteiger partial charge in [0.15, 0.2) is 0 Å². The summed E-state index contributed by atoms with van der Waals surface area (Å²) >= 11 is 0. The summed E-state index contributed by atoms with van der Waals surface area (Å²) in [6, 6.07) is 6.80. The Bertz CT molecular complexity index is 722. The number of nitrogens with one attached hydrogen (secondary N) is 1. The lowest BCUT2D eigenvalue weighted by Gasteiger charge is -2.59. The van der Waals surface area contributed by atoms with Crippen LogP contribution in [0.4, 0.5) is 9.18 Å². The van der Waals surface area contributed by atoms with Gasteiger partial charge in [-0.25, -0.2) is 9.18 Å². The van der Waals surface area contributed by atoms with Crippen molar-refractivity contribution in [3.63, 3.8) is 0 Å². The Labute approximate surface area is 147 Å². The van der Waals surface area contributed by atoms with Crippen LogP contribution in [0.1, 0.15) is 44.6 Å². The zero-order valence-corrected chi connectivity index (χ0v) is 14.5. The maximum absolute atomic E-state index is 14.3. The number of halogens is 1. The van der Waals surface area contributed by atoms with Gasteiger partial charge in [0.2, 0.25) is 0 Å². The number of amides is 2. The normalized spacial score (nSPS) is 45.1. The summed E-state index contributed by atoms with van der Waals surface area (Å²) in [5.41, 5.74) is -0.653. The summed E-state index contributed by atoms with van der Waals surface area (Å²) in [6.45, 7) is 2.40. The van der Waals surface area contributed by atoms with E-state index in [0.29, 0.717) is 29.9 Å². The molecule has 1 heterocycles. The van der Waals surface area contributed by atoms with Gasteiger partial charge in [-0.1, -0.05) is 18.2 Å². The number of hydrogen-bond donors (Lipinski definition) is 2. The first-order valence-electron chi connectivity index (χ1n) is 9.43. The SMILES string of the molecule is CC1(c2ccccc2F)CN(C2C3CC4CC2CC(O)(C4)C3)C(=O)N1. The Kier molecular flexibility index (Phi) is 3.10. The molecule has 1 aromatic carbocycles. The number of rotatable bonds is 2. The maximum Gasteiger partial charge on any atom is 0.318 e. The Morgan fingerprint density at radius 2 is 1.88 bits per heavy atom. The van der Waals surface area contributed by atoms with Crippen molar-refractivity contribution >= 4 is 6.03 Å². The fourth-order valence-corrected chi connectivity index (χ4v) is 6.53. The second-order valence-corrected chi connectivity index (χ2v) is 9.05. The van der Waals surface area contributed by atoms with E-state index in [4.69, 9.17) is 0 Å². The van der Waals surface area contributed by atoms with Gasteiger partial charge >= 0.3 is 6.03 Å². The minimum atomic E-state index is -0.700. The van der Waals surface area contributed by atoms with Gasteiger partial charge in [-0.2, -0.15) is 0 Å². The molecule has 5 heteroatoms. The molecule has 4 bridgehead atoms. The average molecular weight is 344 g/mol. The van der Waals surface area contributed by atoms with Crippen molar-refractivity contribution < 1.29 is 14.3 Å². The number of benzene rings is 1. The highest BCUT2D eigenvalue weighted by Crippen LogP contribution is 2.57. The van der Waals surface area contributed by atoms with Crippen LogP contribution in [0.5, 0.6) is 0 Å². The third kappa shape index (κ3) is 2.24. The largest absolute Gasteiger partial charge is 0.390 e. The Balaban J connectivity index is 1.44. The molecule has 0 radical (unpaired) electrons. The highest BCUT2D eigenvalue weighted by molar-refractivity contribution is 5.79. The standard InChI is InChI=1S/C20H25FN2O2/c1-19(15-4-2-3-5-16(15)21)11-23(18(24)22-19)17-13-6-12-7-14(17)10-20(25,8-12)9-13/h2-5,12-14,17,25H,6-11H2,1H3,(H,22,24). The molecule has 5 aliphatic rings. The molecular weight excluding hydrogens is 319 g/mol. The lowest BCUT2D eigenvalue weighted by atomic mass is 9.52. The van der Waals surface area contributed by atoms with Crippen LogP contribution >= 0.6 is 0 Å². The molecule has 4 nitrogen and oxygen atoms in total. The topological polar surface area (TPSA) is 52.6 Å². The van der Waals surface area contributed by atoms with E-state index < -0.39 is 11.1 Å². The summed E-state index contributed by atoms with van der Waals surface area (Å²) in [4.78, 5) is 14.8. The van der Waals surface area contributed by atoms with Crippen molar-refractivity contribution in [2.24, 2.45) is 17.8 Å². The van der Waals surface area contributed by atoms with Gasteiger partial charge in [0.1, 0.15) is 5.82 Å². The van der Waals surface area contributed by atoms with Crippen LogP contribution in [0.15, 0.2) is 24.3 Å². The maximum atomic E-state index is 14.3. The molecule has 2 N–H and O–H groups in total. The fraction of sp³-hybridized carbons (Fsp3) is 0.650. The lowest BCUT2D eigenvalue weighted by molar-refractivity contribution is -0.152. The first-order valence-corrected chi connectivity index (χ1v) is 9.43. The van der Waals surface area contributed by atoms with Gasteiger partial charge in [0.25, 0.3) is 0 Å². The zero-order valence-electron chi connectivity index (χ0n) is 14.5. The van der Waals surface area contributed by atoms with Gasteiger partial charge in [-0.3, -0.25) is 0 Å². The summed E-state index contributed by atoms with van der Waals surface area (Å²) in [5, 5.41) is 13.8. The van der Waals surface area contributed by atoms with Crippen LogP contribution in [0, 0.1) is 23.6 Å². The van der Waals surface area contributed by atoms with E-state index in [0.717, 1.165) is 32.1 Å². The Morgan fingerprint density at radius 1 is 1.20 bits per heavy atom. The molecule has 134 valence electrons. The van der Waals surface area contributed by atoms with Gasteiger partial charge in [-0.15, -0.1) is 0 Å². The number of nitrogens with zero attached hydrogens (tertiary/aromatic N) is 1. The average Bonchev–Trinajstić information content (AvgIpc) is 2.81. The van der Waals surface area contributed by atoms with Crippen molar-refractivity contribution in [3.8, 4) is 0 Å². The van der Waals surface area contributed by atoms with E-state index in [1.165, 1.54) is 6.07 Å². The zero-order chi connectivity index (χ0) is 17.4. The molecule has 6 rings (SSSR count). The molecule has 2 amide bonds. The van der Waals surface area contributed by atoms with Crippen LogP contribution < -0.4 is 5.32 Å². The number of carbonyl (C=O) groups excluding carboxylic acids is 1. The van der Waals surface area contributed by atoms with Crippen molar-refractivity contribution in [1.29, 1.82) is 0 Å². The number of urea groups is 1. The molecule has 3 atom stereocenters. The molecule has 4 saturated carbocycles. The van der Waals surface area contributed by atoms with Gasteiger partial charge in [0.05, 0.1) is 11.1 Å². The minimum absolute atomic E-state index is 0.0878. The van der Waals surface area contributed by atoms with E-state index in [2.05, 4.69) is 5.32 Å². The molecule has 0 spiro atoms. The fourth-order valence-electron chi connectivity index (χ4n) is 6.53. The molecule has 0 aromatic heterocycles. The molecule has 1 saturated heterocycles. The smallest absolute Gasteiger partial charge is 0.318 e. The van der Waals surface area contributed by atoms with Crippen LogP contribution in [0.2, 0.25) is 0 Å². The molecule has 5 fully saturated rings. The molecule has 25 heavy (non-hydrogen) atoms. The van der Waals surface area contributed by atoms with Crippen molar-refractivity contribution in [2.75, 3.05) is 6.54 Å². The monoisotopic (exact) mass is 344 g/mol. The molecule has 1 aliphatic heterocycles. The highest BCUT2D eigenvalue weighted by atomic mass is 19.1.